The Hall–Kier alpha value is -2.85. The van der Waals surface area contributed by atoms with E-state index in [2.05, 4.69) is 4.98 Å². The van der Waals surface area contributed by atoms with Crippen molar-refractivity contribution in [3.05, 3.63) is 52.1 Å². The van der Waals surface area contributed by atoms with Crippen LogP contribution in [0.15, 0.2) is 18.2 Å². The summed E-state index contributed by atoms with van der Waals surface area (Å²) in [4.78, 5) is 29.8. The Bertz CT molecular complexity index is 1000. The van der Waals surface area contributed by atoms with Crippen molar-refractivity contribution in [2.75, 3.05) is 7.11 Å². The van der Waals surface area contributed by atoms with Crippen LogP contribution < -0.4 is 0 Å². The van der Waals surface area contributed by atoms with Crippen LogP contribution in [0, 0.1) is 0 Å². The fourth-order valence-electron chi connectivity index (χ4n) is 3.51. The Kier molecular flexibility index (Phi) is 7.41. The van der Waals surface area contributed by atoms with Crippen molar-refractivity contribution in [3.63, 3.8) is 0 Å². The Balaban J connectivity index is 2.82. The molecule has 0 aliphatic carbocycles. The molecule has 0 saturated heterocycles. The molecule has 0 radical (unpaired) electrons. The lowest BCUT2D eigenvalue weighted by atomic mass is 9.97. The van der Waals surface area contributed by atoms with Gasteiger partial charge in [0.05, 0.1) is 18.2 Å². The predicted octanol–water partition coefficient (Wildman–Crippen LogP) is 5.86. The fraction of sp³-hybridized carbons (Fsp3) is 0.476. The zero-order chi connectivity index (χ0) is 24.4. The van der Waals surface area contributed by atoms with Gasteiger partial charge < -0.3 is 9.30 Å². The number of benzene rings is 1. The van der Waals surface area contributed by atoms with Gasteiger partial charge in [0, 0.05) is 18.0 Å². The molecule has 0 aliphatic rings. The molecule has 0 fully saturated rings. The molecule has 0 unspecified atom stereocenters. The number of ketones is 1. The van der Waals surface area contributed by atoms with Crippen molar-refractivity contribution in [2.45, 2.75) is 58.4 Å². The van der Waals surface area contributed by atoms with E-state index in [1.165, 1.54) is 4.57 Å². The topological polar surface area (TPSA) is 61.2 Å². The summed E-state index contributed by atoms with van der Waals surface area (Å²) in [6, 6.07) is 0.433. The highest BCUT2D eigenvalue weighted by atomic mass is 19.4. The molecule has 1 aromatic carbocycles. The number of hydrogen-bond acceptors (Lipinski definition) is 4. The van der Waals surface area contributed by atoms with Crippen LogP contribution in [0.5, 0.6) is 0 Å². The van der Waals surface area contributed by atoms with Gasteiger partial charge in [-0.3, -0.25) is 4.79 Å². The summed E-state index contributed by atoms with van der Waals surface area (Å²) in [5, 5.41) is 0. The monoisotopic (exact) mass is 464 g/mol. The third-order valence-corrected chi connectivity index (χ3v) is 5.10. The molecule has 0 N–H and O–H groups in total. The van der Waals surface area contributed by atoms with Gasteiger partial charge in [0.1, 0.15) is 11.5 Å². The van der Waals surface area contributed by atoms with Crippen molar-refractivity contribution in [3.8, 4) is 0 Å². The number of alkyl halides is 6. The van der Waals surface area contributed by atoms with Gasteiger partial charge in [-0.15, -0.1) is 0 Å². The molecule has 32 heavy (non-hydrogen) atoms. The number of hydrogen-bond donors (Lipinski definition) is 0. The summed E-state index contributed by atoms with van der Waals surface area (Å²) in [5.74, 6) is -2.01. The van der Waals surface area contributed by atoms with Gasteiger partial charge in [-0.05, 0) is 31.0 Å². The molecular formula is C21H22F6N2O3. The highest BCUT2D eigenvalue weighted by Gasteiger charge is 2.41. The van der Waals surface area contributed by atoms with Crippen LogP contribution in [0.3, 0.4) is 0 Å². The first-order valence-electron chi connectivity index (χ1n) is 9.84. The first kappa shape index (κ1) is 25.4. The predicted molar refractivity (Wildman–Crippen MR) is 102 cm³/mol. The second-order valence-electron chi connectivity index (χ2n) is 7.00. The van der Waals surface area contributed by atoms with Crippen molar-refractivity contribution in [2.24, 2.45) is 0 Å². The first-order valence-corrected chi connectivity index (χ1v) is 9.84. The summed E-state index contributed by atoms with van der Waals surface area (Å²) < 4.78 is 85.8. The van der Waals surface area contributed by atoms with Crippen LogP contribution in [-0.4, -0.2) is 28.4 Å². The normalized spacial score (nSPS) is 12.3. The second-order valence-corrected chi connectivity index (χ2v) is 7.00. The number of rotatable bonds is 7. The van der Waals surface area contributed by atoms with E-state index in [1.54, 1.807) is 6.92 Å². The molecule has 5 nitrogen and oxygen atoms in total. The highest BCUT2D eigenvalue weighted by molar-refractivity contribution is 6.13. The van der Waals surface area contributed by atoms with Gasteiger partial charge in [-0.2, -0.15) is 26.3 Å². The van der Waals surface area contributed by atoms with Crippen molar-refractivity contribution < 1.29 is 40.7 Å². The van der Waals surface area contributed by atoms with Gasteiger partial charge in [-0.1, -0.05) is 20.8 Å². The van der Waals surface area contributed by atoms with E-state index in [-0.39, 0.29) is 30.0 Å². The van der Waals surface area contributed by atoms with Crippen LogP contribution in [0.1, 0.15) is 83.1 Å². The zero-order valence-electron chi connectivity index (χ0n) is 17.8. The quantitative estimate of drug-likeness (QED) is 0.293. The number of nitrogens with zero attached hydrogens (tertiary/aromatic N) is 2. The van der Waals surface area contributed by atoms with Crippen molar-refractivity contribution in [1.82, 2.24) is 9.55 Å². The lowest BCUT2D eigenvalue weighted by Gasteiger charge is -2.20. The number of carbonyl (C=O) groups excluding carboxylic acids is 2. The molecule has 0 saturated carbocycles. The van der Waals surface area contributed by atoms with Gasteiger partial charge in [0.15, 0.2) is 5.69 Å². The molecule has 0 aliphatic heterocycles. The summed E-state index contributed by atoms with van der Waals surface area (Å²) in [7, 11) is 1.05. The summed E-state index contributed by atoms with van der Waals surface area (Å²) in [6.45, 7) is 5.34. The molecule has 0 atom stereocenters. The molecular weight excluding hydrogens is 442 g/mol. The van der Waals surface area contributed by atoms with Gasteiger partial charge in [0.25, 0.3) is 0 Å². The molecule has 2 rings (SSSR count). The van der Waals surface area contributed by atoms with E-state index in [0.29, 0.717) is 25.0 Å². The minimum atomic E-state index is -5.25. The van der Waals surface area contributed by atoms with E-state index < -0.39 is 46.5 Å². The number of imidazole rings is 1. The van der Waals surface area contributed by atoms with Crippen LogP contribution >= 0.6 is 0 Å². The maximum atomic E-state index is 13.6. The summed E-state index contributed by atoms with van der Waals surface area (Å²) in [6.07, 6.45) is -8.96. The minimum Gasteiger partial charge on any atom is -0.464 e. The number of aromatic nitrogens is 2. The Labute approximate surface area is 180 Å². The van der Waals surface area contributed by atoms with Gasteiger partial charge in [0.2, 0.25) is 5.78 Å². The molecule has 176 valence electrons. The highest BCUT2D eigenvalue weighted by Crippen LogP contribution is 2.38. The number of aryl methyl sites for hydroxylation is 1. The number of ether oxygens (including phenoxy) is 1. The van der Waals surface area contributed by atoms with E-state index in [0.717, 1.165) is 7.11 Å². The molecule has 2 aromatic rings. The second kappa shape index (κ2) is 9.33. The van der Waals surface area contributed by atoms with Gasteiger partial charge >= 0.3 is 18.3 Å². The molecule has 0 bridgehead atoms. The molecule has 0 spiro atoms. The first-order chi connectivity index (χ1) is 14.8. The molecule has 1 heterocycles. The Morgan fingerprint density at radius 3 is 2.06 bits per heavy atom. The fourth-order valence-corrected chi connectivity index (χ4v) is 3.51. The maximum Gasteiger partial charge on any atom is 0.417 e. The lowest BCUT2D eigenvalue weighted by Crippen LogP contribution is -2.21. The van der Waals surface area contributed by atoms with Crippen LogP contribution in [0.4, 0.5) is 26.3 Å². The number of carbonyl (C=O) groups is 2. The maximum absolute atomic E-state index is 13.6. The third-order valence-electron chi connectivity index (χ3n) is 5.10. The largest absolute Gasteiger partial charge is 0.464 e. The number of methoxy groups -OCH3 is 1. The average molecular weight is 464 g/mol. The standard InChI is InChI=1S/C21H22F6N2O3/c1-5-12(6-2)29-15(7-3)28-16(17(29)19(31)32-4)18(30)13-9-8-11(20(22,23)24)10-14(13)21(25,26)27/h8-10,12H,5-7H2,1-4H3. The van der Waals surface area contributed by atoms with Crippen LogP contribution in [0.2, 0.25) is 0 Å². The average Bonchev–Trinajstić information content (AvgIpc) is 3.11. The zero-order valence-corrected chi connectivity index (χ0v) is 17.8. The van der Waals surface area contributed by atoms with Crippen molar-refractivity contribution in [1.29, 1.82) is 0 Å². The molecule has 0 amide bonds. The van der Waals surface area contributed by atoms with Crippen LogP contribution in [-0.2, 0) is 23.5 Å². The summed E-state index contributed by atoms with van der Waals surface area (Å²) in [5.41, 5.74) is -5.26. The van der Waals surface area contributed by atoms with Crippen molar-refractivity contribution >= 4 is 11.8 Å². The SMILES string of the molecule is CCc1nc(C(=O)c2ccc(C(F)(F)F)cc2C(F)(F)F)c(C(=O)OC)n1C(CC)CC. The third kappa shape index (κ3) is 4.81. The minimum absolute atomic E-state index is 0.121. The Morgan fingerprint density at radius 2 is 1.62 bits per heavy atom. The Morgan fingerprint density at radius 1 is 1.03 bits per heavy atom. The number of halogens is 6. The van der Waals surface area contributed by atoms with Gasteiger partial charge in [-0.25, -0.2) is 9.78 Å². The van der Waals surface area contributed by atoms with E-state index >= 15 is 0 Å². The smallest absolute Gasteiger partial charge is 0.417 e. The number of esters is 1. The lowest BCUT2D eigenvalue weighted by molar-refractivity contribution is -0.143. The molecule has 1 aromatic heterocycles. The van der Waals surface area contributed by atoms with Crippen LogP contribution in [0.25, 0.3) is 0 Å². The van der Waals surface area contributed by atoms with E-state index in [1.807, 2.05) is 13.8 Å². The van der Waals surface area contributed by atoms with E-state index in [4.69, 9.17) is 4.74 Å². The molecule has 11 heteroatoms. The van der Waals surface area contributed by atoms with E-state index in [9.17, 15) is 35.9 Å². The summed E-state index contributed by atoms with van der Waals surface area (Å²) >= 11 is 0.